The van der Waals surface area contributed by atoms with Gasteiger partial charge in [-0.25, -0.2) is 4.98 Å². The van der Waals surface area contributed by atoms with Crippen LogP contribution in [0.5, 0.6) is 0 Å². The van der Waals surface area contributed by atoms with Crippen molar-refractivity contribution in [2.75, 3.05) is 19.6 Å². The zero-order valence-corrected chi connectivity index (χ0v) is 12.7. The number of aliphatic imine (C=N–C) groups is 1. The maximum absolute atomic E-state index is 4.74. The number of para-hydroxylation sites is 1. The summed E-state index contributed by atoms with van der Waals surface area (Å²) in [6.45, 7) is 9.28. The predicted molar refractivity (Wildman–Crippen MR) is 84.2 cm³/mol. The lowest BCUT2D eigenvalue weighted by Gasteiger charge is -2.21. The van der Waals surface area contributed by atoms with Crippen LogP contribution in [0.2, 0.25) is 0 Å². The average Bonchev–Trinajstić information content (AvgIpc) is 2.87. The minimum atomic E-state index is 0.863. The molecule has 19 heavy (non-hydrogen) atoms. The van der Waals surface area contributed by atoms with Gasteiger partial charge in [-0.15, -0.1) is 11.3 Å². The van der Waals surface area contributed by atoms with E-state index >= 15 is 0 Å². The van der Waals surface area contributed by atoms with Gasteiger partial charge in [-0.1, -0.05) is 19.1 Å². The van der Waals surface area contributed by atoms with Gasteiger partial charge in [0, 0.05) is 19.6 Å². The van der Waals surface area contributed by atoms with Crippen LogP contribution in [0.4, 0.5) is 0 Å². The zero-order chi connectivity index (χ0) is 13.7. The summed E-state index contributed by atoms with van der Waals surface area (Å²) >= 11 is 1.73. The molecule has 0 amide bonds. The van der Waals surface area contributed by atoms with Crippen molar-refractivity contribution in [2.24, 2.45) is 4.99 Å². The van der Waals surface area contributed by atoms with E-state index < -0.39 is 0 Å². The predicted octanol–water partition coefficient (Wildman–Crippen LogP) is 3.79. The molecule has 0 spiro atoms. The molecule has 0 aliphatic rings. The van der Waals surface area contributed by atoms with Gasteiger partial charge in [0.15, 0.2) is 10.8 Å². The molecule has 0 atom stereocenters. The molecular weight excluding hydrogens is 254 g/mol. The summed E-state index contributed by atoms with van der Waals surface area (Å²) in [5.74, 6) is 1.05. The second-order valence-corrected chi connectivity index (χ2v) is 5.40. The number of rotatable bonds is 5. The molecule has 0 aliphatic carbocycles. The van der Waals surface area contributed by atoms with Gasteiger partial charge in [0.05, 0.1) is 10.2 Å². The second-order valence-electron chi connectivity index (χ2n) is 4.36. The first-order valence-corrected chi connectivity index (χ1v) is 7.77. The summed E-state index contributed by atoms with van der Waals surface area (Å²) in [7, 11) is 0. The van der Waals surface area contributed by atoms with Crippen LogP contribution >= 0.6 is 11.3 Å². The molecule has 3 nitrogen and oxygen atoms in total. The number of hydrogen-bond donors (Lipinski definition) is 0. The fourth-order valence-corrected chi connectivity index (χ4v) is 3.01. The molecule has 0 aliphatic heterocycles. The number of hydrogen-bond acceptors (Lipinski definition) is 3. The summed E-state index contributed by atoms with van der Waals surface area (Å²) in [4.78, 5) is 11.8. The van der Waals surface area contributed by atoms with Crippen LogP contribution in [0.15, 0.2) is 29.3 Å². The van der Waals surface area contributed by atoms with E-state index in [-0.39, 0.29) is 0 Å². The molecule has 0 radical (unpaired) electrons. The van der Waals surface area contributed by atoms with Crippen molar-refractivity contribution >= 4 is 27.4 Å². The van der Waals surface area contributed by atoms with Crippen molar-refractivity contribution in [1.82, 2.24) is 9.88 Å². The maximum Gasteiger partial charge on any atom is 0.160 e. The average molecular weight is 275 g/mol. The number of benzene rings is 1. The van der Waals surface area contributed by atoms with E-state index in [9.17, 15) is 0 Å². The SMILES string of the molecule is CCCN=C(c1nc2ccccc2s1)N(CC)CC. The van der Waals surface area contributed by atoms with Gasteiger partial charge < -0.3 is 4.90 Å². The third kappa shape index (κ3) is 3.13. The first-order chi connectivity index (χ1) is 9.30. The van der Waals surface area contributed by atoms with Crippen LogP contribution < -0.4 is 0 Å². The molecule has 0 unspecified atom stereocenters. The number of fused-ring (bicyclic) bond motifs is 1. The third-order valence-electron chi connectivity index (χ3n) is 3.03. The fourth-order valence-electron chi connectivity index (χ4n) is 2.01. The van der Waals surface area contributed by atoms with E-state index in [4.69, 9.17) is 9.98 Å². The van der Waals surface area contributed by atoms with Gasteiger partial charge in [-0.05, 0) is 32.4 Å². The van der Waals surface area contributed by atoms with Crippen molar-refractivity contribution in [3.63, 3.8) is 0 Å². The Kier molecular flexibility index (Phi) is 4.91. The number of amidine groups is 1. The molecule has 0 fully saturated rings. The standard InChI is InChI=1S/C15H21N3S/c1-4-11-16-14(18(5-2)6-3)15-17-12-9-7-8-10-13(12)19-15/h7-10H,4-6,11H2,1-3H3. The highest BCUT2D eigenvalue weighted by molar-refractivity contribution is 7.20. The normalized spacial score (nSPS) is 12.1. The van der Waals surface area contributed by atoms with Crippen LogP contribution in [0.3, 0.4) is 0 Å². The number of nitrogens with zero attached hydrogens (tertiary/aromatic N) is 3. The molecule has 0 saturated heterocycles. The lowest BCUT2D eigenvalue weighted by Crippen LogP contribution is -2.31. The van der Waals surface area contributed by atoms with Crippen LogP contribution in [0.1, 0.15) is 32.2 Å². The molecule has 0 N–H and O–H groups in total. The smallest absolute Gasteiger partial charge is 0.160 e. The van der Waals surface area contributed by atoms with E-state index in [1.54, 1.807) is 11.3 Å². The van der Waals surface area contributed by atoms with E-state index in [0.717, 1.165) is 42.4 Å². The van der Waals surface area contributed by atoms with Gasteiger partial charge in [0.2, 0.25) is 0 Å². The van der Waals surface area contributed by atoms with Crippen LogP contribution in [-0.4, -0.2) is 35.4 Å². The van der Waals surface area contributed by atoms with Crippen LogP contribution in [0, 0.1) is 0 Å². The molecular formula is C15H21N3S. The number of aromatic nitrogens is 1. The monoisotopic (exact) mass is 275 g/mol. The molecule has 2 aromatic rings. The van der Waals surface area contributed by atoms with Crippen LogP contribution in [-0.2, 0) is 0 Å². The first kappa shape index (κ1) is 14.0. The second kappa shape index (κ2) is 6.66. The molecule has 102 valence electrons. The molecule has 1 aromatic heterocycles. The molecule has 4 heteroatoms. The molecule has 1 aromatic carbocycles. The minimum Gasteiger partial charge on any atom is -0.355 e. The summed E-state index contributed by atoms with van der Waals surface area (Å²) in [5.41, 5.74) is 1.07. The molecule has 0 saturated carbocycles. The van der Waals surface area contributed by atoms with Gasteiger partial charge in [-0.2, -0.15) is 0 Å². The highest BCUT2D eigenvalue weighted by Gasteiger charge is 2.14. The third-order valence-corrected chi connectivity index (χ3v) is 4.07. The summed E-state index contributed by atoms with van der Waals surface area (Å²) in [6.07, 6.45) is 1.07. The Hall–Kier alpha value is -1.42. The maximum atomic E-state index is 4.74. The zero-order valence-electron chi connectivity index (χ0n) is 11.9. The highest BCUT2D eigenvalue weighted by atomic mass is 32.1. The van der Waals surface area contributed by atoms with Crippen molar-refractivity contribution in [3.8, 4) is 0 Å². The number of thiazole rings is 1. The fraction of sp³-hybridized carbons (Fsp3) is 0.467. The largest absolute Gasteiger partial charge is 0.355 e. The summed E-state index contributed by atoms with van der Waals surface area (Å²) in [5, 5.41) is 1.04. The lowest BCUT2D eigenvalue weighted by molar-refractivity contribution is 0.464. The van der Waals surface area contributed by atoms with Crippen molar-refractivity contribution in [2.45, 2.75) is 27.2 Å². The van der Waals surface area contributed by atoms with Gasteiger partial charge in [-0.3, -0.25) is 4.99 Å². The quantitative estimate of drug-likeness (QED) is 0.613. The molecule has 0 bridgehead atoms. The van der Waals surface area contributed by atoms with Crippen molar-refractivity contribution < 1.29 is 0 Å². The first-order valence-electron chi connectivity index (χ1n) is 6.95. The van der Waals surface area contributed by atoms with E-state index in [1.807, 2.05) is 6.07 Å². The van der Waals surface area contributed by atoms with Crippen LogP contribution in [0.25, 0.3) is 10.2 Å². The van der Waals surface area contributed by atoms with E-state index in [2.05, 4.69) is 43.9 Å². The molecule has 2 rings (SSSR count). The van der Waals surface area contributed by atoms with E-state index in [1.165, 1.54) is 4.70 Å². The Bertz CT molecular complexity index is 522. The Morgan fingerprint density at radius 1 is 1.21 bits per heavy atom. The van der Waals surface area contributed by atoms with Gasteiger partial charge in [0.1, 0.15) is 0 Å². The minimum absolute atomic E-state index is 0.863. The van der Waals surface area contributed by atoms with Gasteiger partial charge in [0.25, 0.3) is 0 Å². The Morgan fingerprint density at radius 3 is 2.58 bits per heavy atom. The Morgan fingerprint density at radius 2 is 1.95 bits per heavy atom. The topological polar surface area (TPSA) is 28.5 Å². The molecule has 1 heterocycles. The van der Waals surface area contributed by atoms with Crippen molar-refractivity contribution in [1.29, 1.82) is 0 Å². The summed E-state index contributed by atoms with van der Waals surface area (Å²) in [6, 6.07) is 8.28. The van der Waals surface area contributed by atoms with Crippen molar-refractivity contribution in [3.05, 3.63) is 29.3 Å². The van der Waals surface area contributed by atoms with Gasteiger partial charge >= 0.3 is 0 Å². The summed E-state index contributed by atoms with van der Waals surface area (Å²) < 4.78 is 1.23. The lowest BCUT2D eigenvalue weighted by atomic mass is 10.3. The van der Waals surface area contributed by atoms with E-state index in [0.29, 0.717) is 0 Å². The Labute approximate surface area is 119 Å². The Balaban J connectivity index is 2.41. The highest BCUT2D eigenvalue weighted by Crippen LogP contribution is 2.23.